The minimum Gasteiger partial charge on any atom is -0.508 e. The number of carbonyl (C=O) groups is 1. The molecule has 3 aromatic rings. The normalized spacial score (nSPS) is 16.2. The van der Waals surface area contributed by atoms with E-state index in [1.807, 2.05) is 36.6 Å². The summed E-state index contributed by atoms with van der Waals surface area (Å²) < 4.78 is 13.9. The number of aryl methyl sites for hydroxylation is 1. The van der Waals surface area contributed by atoms with Crippen LogP contribution in [-0.4, -0.2) is 27.4 Å². The Morgan fingerprint density at radius 3 is 2.89 bits per heavy atom. The molecule has 0 spiro atoms. The molecule has 0 saturated carbocycles. The molecule has 1 amide bonds. The average molecular weight is 382 g/mol. The molecule has 4 nitrogen and oxygen atoms in total. The Morgan fingerprint density at radius 1 is 1.30 bits per heavy atom. The van der Waals surface area contributed by atoms with Gasteiger partial charge >= 0.3 is 0 Å². The van der Waals surface area contributed by atoms with Crippen molar-refractivity contribution in [2.75, 3.05) is 6.54 Å². The fourth-order valence-electron chi connectivity index (χ4n) is 3.66. The van der Waals surface area contributed by atoms with E-state index < -0.39 is 11.9 Å². The highest BCUT2D eigenvalue weighted by molar-refractivity contribution is 7.09. The van der Waals surface area contributed by atoms with Gasteiger partial charge in [-0.15, -0.1) is 11.3 Å². The van der Waals surface area contributed by atoms with E-state index in [1.54, 1.807) is 4.90 Å². The van der Waals surface area contributed by atoms with Crippen LogP contribution in [0.4, 0.5) is 4.39 Å². The number of hydrogen-bond donors (Lipinski definition) is 1. The van der Waals surface area contributed by atoms with Crippen LogP contribution in [-0.2, 0) is 17.6 Å². The zero-order chi connectivity index (χ0) is 19.0. The predicted molar refractivity (Wildman–Crippen MR) is 102 cm³/mol. The zero-order valence-electron chi connectivity index (χ0n) is 14.9. The fraction of sp³-hybridized carbons (Fsp3) is 0.238. The number of fused-ring (bicyclic) bond motifs is 1. The van der Waals surface area contributed by atoms with Crippen molar-refractivity contribution in [2.45, 2.75) is 25.8 Å². The topological polar surface area (TPSA) is 53.4 Å². The molecule has 2 heterocycles. The third-order valence-corrected chi connectivity index (χ3v) is 5.71. The Kier molecular flexibility index (Phi) is 4.66. The number of halogens is 1. The van der Waals surface area contributed by atoms with Gasteiger partial charge in [0.1, 0.15) is 11.6 Å². The number of phenols is 1. The van der Waals surface area contributed by atoms with Crippen LogP contribution in [0.25, 0.3) is 0 Å². The summed E-state index contributed by atoms with van der Waals surface area (Å²) in [6.45, 7) is 2.42. The summed E-state index contributed by atoms with van der Waals surface area (Å²) >= 11 is 1.51. The number of aromatic hydroxyl groups is 1. The third kappa shape index (κ3) is 3.45. The highest BCUT2D eigenvalue weighted by Gasteiger charge is 2.33. The van der Waals surface area contributed by atoms with Gasteiger partial charge in [0.15, 0.2) is 0 Å². The summed E-state index contributed by atoms with van der Waals surface area (Å²) in [5.74, 6) is -0.530. The van der Waals surface area contributed by atoms with Crippen LogP contribution >= 0.6 is 11.3 Å². The maximum atomic E-state index is 13.9. The van der Waals surface area contributed by atoms with Crippen LogP contribution in [0.5, 0.6) is 5.75 Å². The Morgan fingerprint density at radius 2 is 2.11 bits per heavy atom. The number of nitrogens with zero attached hydrogens (tertiary/aromatic N) is 2. The van der Waals surface area contributed by atoms with E-state index in [-0.39, 0.29) is 18.1 Å². The summed E-state index contributed by atoms with van der Waals surface area (Å²) in [7, 11) is 0. The lowest BCUT2D eigenvalue weighted by Crippen LogP contribution is -2.41. The highest BCUT2D eigenvalue weighted by Crippen LogP contribution is 2.39. The van der Waals surface area contributed by atoms with Gasteiger partial charge in [0.05, 0.1) is 23.2 Å². The smallest absolute Gasteiger partial charge is 0.229 e. The van der Waals surface area contributed by atoms with Crippen molar-refractivity contribution in [3.63, 3.8) is 0 Å². The number of phenolic OH excluding ortho intramolecular Hbond substituents is 1. The number of amides is 1. The van der Waals surface area contributed by atoms with Gasteiger partial charge < -0.3 is 10.0 Å². The Balaban J connectivity index is 1.76. The van der Waals surface area contributed by atoms with Gasteiger partial charge in [0.25, 0.3) is 0 Å². The molecule has 1 aliphatic heterocycles. The monoisotopic (exact) mass is 382 g/mol. The van der Waals surface area contributed by atoms with Gasteiger partial charge in [-0.1, -0.05) is 24.3 Å². The number of carbonyl (C=O) groups excluding carboxylic acids is 1. The molecule has 2 aromatic carbocycles. The SMILES string of the molecule is Cc1nc(CC(=O)N2CCc3ccccc3C2c2cc(F)ccc2O)cs1. The summed E-state index contributed by atoms with van der Waals surface area (Å²) in [5, 5.41) is 13.2. The molecule has 0 fully saturated rings. The minimum atomic E-state index is -0.516. The van der Waals surface area contributed by atoms with Crippen molar-refractivity contribution in [3.8, 4) is 5.75 Å². The van der Waals surface area contributed by atoms with E-state index in [0.717, 1.165) is 28.2 Å². The number of thiazole rings is 1. The fourth-order valence-corrected chi connectivity index (χ4v) is 4.27. The van der Waals surface area contributed by atoms with Crippen molar-refractivity contribution in [2.24, 2.45) is 0 Å². The molecule has 0 aliphatic carbocycles. The van der Waals surface area contributed by atoms with Crippen LogP contribution in [0.2, 0.25) is 0 Å². The average Bonchev–Trinajstić information content (AvgIpc) is 3.07. The Bertz CT molecular complexity index is 1000. The summed E-state index contributed by atoms with van der Waals surface area (Å²) in [5.41, 5.74) is 3.18. The standard InChI is InChI=1S/C21H19FN2O2S/c1-13-23-16(12-27-13)11-20(26)24-9-8-14-4-2-3-5-17(14)21(24)18-10-15(22)6-7-19(18)25/h2-7,10,12,21,25H,8-9,11H2,1H3. The Labute approximate surface area is 160 Å². The first-order valence-electron chi connectivity index (χ1n) is 8.79. The van der Waals surface area contributed by atoms with Gasteiger partial charge in [-0.05, 0) is 42.7 Å². The first kappa shape index (κ1) is 17.7. The van der Waals surface area contributed by atoms with Crippen LogP contribution in [0, 0.1) is 12.7 Å². The van der Waals surface area contributed by atoms with Gasteiger partial charge in [-0.25, -0.2) is 9.37 Å². The number of hydrogen-bond acceptors (Lipinski definition) is 4. The van der Waals surface area contributed by atoms with E-state index in [9.17, 15) is 14.3 Å². The van der Waals surface area contributed by atoms with Crippen molar-refractivity contribution in [3.05, 3.63) is 81.1 Å². The molecule has 0 saturated heterocycles. The first-order chi connectivity index (χ1) is 13.0. The minimum absolute atomic E-state index is 0.0135. The molecule has 1 aromatic heterocycles. The lowest BCUT2D eigenvalue weighted by Gasteiger charge is -2.38. The summed E-state index contributed by atoms with van der Waals surface area (Å²) in [6.07, 6.45) is 0.920. The first-order valence-corrected chi connectivity index (χ1v) is 9.67. The summed E-state index contributed by atoms with van der Waals surface area (Å²) in [4.78, 5) is 19.2. The zero-order valence-corrected chi connectivity index (χ0v) is 15.7. The maximum absolute atomic E-state index is 13.9. The second-order valence-electron chi connectivity index (χ2n) is 6.68. The number of rotatable bonds is 3. The number of aromatic nitrogens is 1. The molecule has 0 radical (unpaired) electrons. The lowest BCUT2D eigenvalue weighted by atomic mass is 9.87. The van der Waals surface area contributed by atoms with Gasteiger partial charge in [0, 0.05) is 17.5 Å². The van der Waals surface area contributed by atoms with E-state index in [4.69, 9.17) is 0 Å². The molecule has 138 valence electrons. The summed E-state index contributed by atoms with van der Waals surface area (Å²) in [6, 6.07) is 11.2. The second-order valence-corrected chi connectivity index (χ2v) is 7.74. The molecular formula is C21H19FN2O2S. The second kappa shape index (κ2) is 7.12. The van der Waals surface area contributed by atoms with E-state index in [1.165, 1.54) is 29.5 Å². The molecule has 4 rings (SSSR count). The van der Waals surface area contributed by atoms with Crippen LogP contribution in [0.1, 0.15) is 33.4 Å². The van der Waals surface area contributed by atoms with Crippen LogP contribution < -0.4 is 0 Å². The van der Waals surface area contributed by atoms with Gasteiger partial charge in [0.2, 0.25) is 5.91 Å². The largest absolute Gasteiger partial charge is 0.508 e. The Hall–Kier alpha value is -2.73. The molecule has 1 aliphatic rings. The van der Waals surface area contributed by atoms with E-state index >= 15 is 0 Å². The molecule has 27 heavy (non-hydrogen) atoms. The quantitative estimate of drug-likeness (QED) is 0.745. The van der Waals surface area contributed by atoms with Gasteiger partial charge in [-0.2, -0.15) is 0 Å². The predicted octanol–water partition coefficient (Wildman–Crippen LogP) is 4.01. The number of benzene rings is 2. The molecule has 0 bridgehead atoms. The van der Waals surface area contributed by atoms with Crippen molar-refractivity contribution in [1.82, 2.24) is 9.88 Å². The van der Waals surface area contributed by atoms with E-state index in [0.29, 0.717) is 12.1 Å². The third-order valence-electron chi connectivity index (χ3n) is 4.89. The highest BCUT2D eigenvalue weighted by atomic mass is 32.1. The molecule has 1 N–H and O–H groups in total. The van der Waals surface area contributed by atoms with Crippen molar-refractivity contribution >= 4 is 17.2 Å². The van der Waals surface area contributed by atoms with Gasteiger partial charge in [-0.3, -0.25) is 4.79 Å². The van der Waals surface area contributed by atoms with Crippen LogP contribution in [0.3, 0.4) is 0 Å². The molecular weight excluding hydrogens is 363 g/mol. The lowest BCUT2D eigenvalue weighted by molar-refractivity contribution is -0.132. The van der Waals surface area contributed by atoms with Crippen LogP contribution in [0.15, 0.2) is 47.8 Å². The molecule has 1 atom stereocenters. The molecule has 6 heteroatoms. The maximum Gasteiger partial charge on any atom is 0.229 e. The van der Waals surface area contributed by atoms with E-state index in [2.05, 4.69) is 4.98 Å². The van der Waals surface area contributed by atoms with Crippen molar-refractivity contribution in [1.29, 1.82) is 0 Å². The van der Waals surface area contributed by atoms with Crippen molar-refractivity contribution < 1.29 is 14.3 Å². The molecule has 1 unspecified atom stereocenters.